The smallest absolute Gasteiger partial charge is 0.416 e. The van der Waals surface area contributed by atoms with Crippen LogP contribution in [0, 0.1) is 0 Å². The van der Waals surface area contributed by atoms with Crippen LogP contribution in [0.25, 0.3) is 0 Å². The molecule has 2 rings (SSSR count). The SMILES string of the molecule is COc1ccc(Cl)cc1S(=O)(=O)NC(C)C(=O)Nc1cc(C(F)(F)F)cc(C(F)(F)F)c1. The van der Waals surface area contributed by atoms with E-state index in [1.165, 1.54) is 19.2 Å². The molecule has 0 saturated heterocycles. The number of methoxy groups -OCH3 is 1. The van der Waals surface area contributed by atoms with Crippen LogP contribution in [0.1, 0.15) is 18.1 Å². The molecule has 0 spiro atoms. The molecule has 0 aliphatic rings. The summed E-state index contributed by atoms with van der Waals surface area (Å²) in [6, 6.07) is 2.54. The first kappa shape index (κ1) is 25.7. The van der Waals surface area contributed by atoms with Crippen molar-refractivity contribution >= 4 is 33.2 Å². The zero-order chi connectivity index (χ0) is 24.5. The van der Waals surface area contributed by atoms with Crippen molar-refractivity contribution in [3.63, 3.8) is 0 Å². The monoisotopic (exact) mass is 504 g/mol. The highest BCUT2D eigenvalue weighted by Gasteiger charge is 2.37. The van der Waals surface area contributed by atoms with Crippen molar-refractivity contribution in [2.24, 2.45) is 0 Å². The molecule has 0 bridgehead atoms. The average molecular weight is 505 g/mol. The average Bonchev–Trinajstić information content (AvgIpc) is 2.66. The van der Waals surface area contributed by atoms with E-state index in [0.29, 0.717) is 12.1 Å². The summed E-state index contributed by atoms with van der Waals surface area (Å²) in [5.74, 6) is -1.32. The van der Waals surface area contributed by atoms with Gasteiger partial charge < -0.3 is 10.1 Å². The fourth-order valence-electron chi connectivity index (χ4n) is 2.49. The number of hydrogen-bond acceptors (Lipinski definition) is 4. The number of benzene rings is 2. The van der Waals surface area contributed by atoms with E-state index >= 15 is 0 Å². The first-order valence-electron chi connectivity index (χ1n) is 8.51. The summed E-state index contributed by atoms with van der Waals surface area (Å²) in [4.78, 5) is 11.9. The molecule has 0 fully saturated rings. The van der Waals surface area contributed by atoms with Gasteiger partial charge in [-0.1, -0.05) is 11.6 Å². The lowest BCUT2D eigenvalue weighted by Gasteiger charge is -2.18. The fourth-order valence-corrected chi connectivity index (χ4v) is 4.12. The molecule has 1 atom stereocenters. The van der Waals surface area contributed by atoms with Crippen LogP contribution in [0.5, 0.6) is 5.75 Å². The van der Waals surface area contributed by atoms with Crippen LogP contribution in [0.2, 0.25) is 5.02 Å². The molecule has 0 aromatic heterocycles. The predicted octanol–water partition coefficient (Wildman–Crippen LogP) is 4.69. The van der Waals surface area contributed by atoms with E-state index in [9.17, 15) is 39.6 Å². The number of hydrogen-bond donors (Lipinski definition) is 2. The molecule has 1 unspecified atom stereocenters. The lowest BCUT2D eigenvalue weighted by molar-refractivity contribution is -0.143. The minimum absolute atomic E-state index is 0.0342. The Morgan fingerprint density at radius 2 is 1.53 bits per heavy atom. The summed E-state index contributed by atoms with van der Waals surface area (Å²) >= 11 is 5.78. The number of rotatable bonds is 6. The fraction of sp³-hybridized carbons (Fsp3) is 0.278. The quantitative estimate of drug-likeness (QED) is 0.559. The Labute approximate surface area is 183 Å². The van der Waals surface area contributed by atoms with Gasteiger partial charge in [-0.05, 0) is 43.3 Å². The van der Waals surface area contributed by atoms with Gasteiger partial charge in [0.2, 0.25) is 15.9 Å². The van der Waals surface area contributed by atoms with Gasteiger partial charge in [0.15, 0.2) is 0 Å². The summed E-state index contributed by atoms with van der Waals surface area (Å²) < 4.78 is 110. The minimum Gasteiger partial charge on any atom is -0.495 e. The second kappa shape index (κ2) is 9.16. The number of nitrogens with one attached hydrogen (secondary N) is 2. The van der Waals surface area contributed by atoms with E-state index < -0.39 is 56.0 Å². The molecular formula is C18H15ClF6N2O4S. The minimum atomic E-state index is -5.11. The van der Waals surface area contributed by atoms with Gasteiger partial charge in [-0.3, -0.25) is 4.79 Å². The summed E-state index contributed by atoms with van der Waals surface area (Å²) in [7, 11) is -3.22. The van der Waals surface area contributed by atoms with E-state index in [-0.39, 0.29) is 16.8 Å². The van der Waals surface area contributed by atoms with Crippen LogP contribution < -0.4 is 14.8 Å². The van der Waals surface area contributed by atoms with Gasteiger partial charge in [0.1, 0.15) is 10.6 Å². The second-order valence-electron chi connectivity index (χ2n) is 6.42. The first-order valence-corrected chi connectivity index (χ1v) is 10.4. The van der Waals surface area contributed by atoms with Crippen LogP contribution in [0.3, 0.4) is 0 Å². The van der Waals surface area contributed by atoms with E-state index in [1.54, 1.807) is 0 Å². The van der Waals surface area contributed by atoms with Gasteiger partial charge >= 0.3 is 12.4 Å². The Kier molecular flexibility index (Phi) is 7.37. The number of carbonyl (C=O) groups is 1. The number of anilines is 1. The van der Waals surface area contributed by atoms with Crippen molar-refractivity contribution in [2.75, 3.05) is 12.4 Å². The molecule has 2 aromatic rings. The summed E-state index contributed by atoms with van der Waals surface area (Å²) in [5, 5.41) is 1.89. The maximum absolute atomic E-state index is 13.0. The zero-order valence-electron chi connectivity index (χ0n) is 16.2. The molecule has 0 aliphatic carbocycles. The van der Waals surface area contributed by atoms with Crippen molar-refractivity contribution < 1.29 is 44.3 Å². The van der Waals surface area contributed by atoms with Crippen molar-refractivity contribution in [1.82, 2.24) is 4.72 Å². The zero-order valence-corrected chi connectivity index (χ0v) is 17.8. The number of carbonyl (C=O) groups excluding carboxylic acids is 1. The third kappa shape index (κ3) is 6.26. The van der Waals surface area contributed by atoms with Crippen LogP contribution in [0.15, 0.2) is 41.3 Å². The Bertz CT molecular complexity index is 1090. The molecule has 6 nitrogen and oxygen atoms in total. The third-order valence-corrected chi connectivity index (χ3v) is 5.79. The third-order valence-electron chi connectivity index (χ3n) is 4.00. The van der Waals surface area contributed by atoms with Gasteiger partial charge in [0, 0.05) is 10.7 Å². The summed E-state index contributed by atoms with van der Waals surface area (Å²) in [6.07, 6.45) is -10.2. The van der Waals surface area contributed by atoms with Crippen LogP contribution >= 0.6 is 11.6 Å². The Hall–Kier alpha value is -2.51. The lowest BCUT2D eigenvalue weighted by Crippen LogP contribution is -2.41. The topological polar surface area (TPSA) is 84.5 Å². The highest BCUT2D eigenvalue weighted by molar-refractivity contribution is 7.89. The Morgan fingerprint density at radius 3 is 2.00 bits per heavy atom. The molecule has 32 heavy (non-hydrogen) atoms. The summed E-state index contributed by atoms with van der Waals surface area (Å²) in [6.45, 7) is 1.04. The highest BCUT2D eigenvalue weighted by atomic mass is 35.5. The molecule has 0 radical (unpaired) electrons. The van der Waals surface area contributed by atoms with Crippen LogP contribution in [0.4, 0.5) is 32.0 Å². The Balaban J connectivity index is 2.30. The number of alkyl halides is 6. The molecule has 1 amide bonds. The van der Waals surface area contributed by atoms with Crippen molar-refractivity contribution in [3.05, 3.63) is 52.5 Å². The normalized spacial score (nSPS) is 13.5. The largest absolute Gasteiger partial charge is 0.495 e. The van der Waals surface area contributed by atoms with Gasteiger partial charge in [0.25, 0.3) is 0 Å². The number of ether oxygens (including phenoxy) is 1. The molecular weight excluding hydrogens is 490 g/mol. The van der Waals surface area contributed by atoms with Gasteiger partial charge in [-0.15, -0.1) is 0 Å². The molecule has 2 aromatic carbocycles. The van der Waals surface area contributed by atoms with E-state index in [4.69, 9.17) is 16.3 Å². The second-order valence-corrected chi connectivity index (χ2v) is 8.54. The molecule has 0 saturated carbocycles. The Morgan fingerprint density at radius 1 is 1.00 bits per heavy atom. The van der Waals surface area contributed by atoms with Gasteiger partial charge in [-0.2, -0.15) is 31.1 Å². The lowest BCUT2D eigenvalue weighted by atomic mass is 10.1. The number of amides is 1. The number of sulfonamides is 1. The van der Waals surface area contributed by atoms with Crippen molar-refractivity contribution in [3.8, 4) is 5.75 Å². The number of halogens is 7. The summed E-state index contributed by atoms with van der Waals surface area (Å²) in [5.41, 5.74) is -4.09. The van der Waals surface area contributed by atoms with E-state index in [0.717, 1.165) is 13.0 Å². The van der Waals surface area contributed by atoms with Gasteiger partial charge in [0.05, 0.1) is 24.3 Å². The maximum atomic E-state index is 13.0. The molecule has 176 valence electrons. The molecule has 0 aliphatic heterocycles. The maximum Gasteiger partial charge on any atom is 0.416 e. The predicted molar refractivity (Wildman–Crippen MR) is 103 cm³/mol. The van der Waals surface area contributed by atoms with E-state index in [1.807, 2.05) is 10.0 Å². The highest BCUT2D eigenvalue weighted by Crippen LogP contribution is 2.37. The standard InChI is InChI=1S/C18H15ClF6N2O4S/c1-9(27-32(29,30)15-8-12(19)3-4-14(15)31-2)16(28)26-13-6-10(17(20,21)22)5-11(7-13)18(23,24)25/h3-9,27H,1-2H3,(H,26,28). The van der Waals surface area contributed by atoms with Crippen LogP contribution in [-0.4, -0.2) is 27.5 Å². The van der Waals surface area contributed by atoms with E-state index in [2.05, 4.69) is 0 Å². The first-order chi connectivity index (χ1) is 14.5. The molecule has 2 N–H and O–H groups in total. The van der Waals surface area contributed by atoms with Crippen molar-refractivity contribution in [1.29, 1.82) is 0 Å². The molecule has 0 heterocycles. The van der Waals surface area contributed by atoms with Crippen LogP contribution in [-0.2, 0) is 27.2 Å². The molecule has 14 heteroatoms. The van der Waals surface area contributed by atoms with Gasteiger partial charge in [-0.25, -0.2) is 8.42 Å². The van der Waals surface area contributed by atoms with Crippen molar-refractivity contribution in [2.45, 2.75) is 30.2 Å².